The third kappa shape index (κ3) is 4.42. The number of aliphatic hydroxyl groups is 1. The topological polar surface area (TPSA) is 49.3 Å². The van der Waals surface area contributed by atoms with Gasteiger partial charge in [0, 0.05) is 16.9 Å². The Morgan fingerprint density at radius 3 is 2.60 bits per heavy atom. The summed E-state index contributed by atoms with van der Waals surface area (Å²) in [6, 6.07) is 3.90. The molecule has 20 heavy (non-hydrogen) atoms. The molecule has 0 saturated carbocycles. The number of amides is 1. The van der Waals surface area contributed by atoms with Crippen LogP contribution in [-0.2, 0) is 6.18 Å². The molecular formula is C13H16F3NO2S. The number of halogens is 3. The SMILES string of the molecule is CSC(CO)C(C)NC(=O)c1cccc(C(F)(F)F)c1. The van der Waals surface area contributed by atoms with Gasteiger partial charge in [-0.15, -0.1) is 0 Å². The number of nitrogens with one attached hydrogen (secondary N) is 1. The van der Waals surface area contributed by atoms with Crippen molar-refractivity contribution in [3.05, 3.63) is 35.4 Å². The smallest absolute Gasteiger partial charge is 0.395 e. The van der Waals surface area contributed by atoms with E-state index in [1.54, 1.807) is 13.2 Å². The summed E-state index contributed by atoms with van der Waals surface area (Å²) in [4.78, 5) is 11.9. The van der Waals surface area contributed by atoms with Crippen LogP contribution in [-0.4, -0.2) is 35.2 Å². The van der Waals surface area contributed by atoms with E-state index in [0.717, 1.165) is 12.1 Å². The molecule has 112 valence electrons. The van der Waals surface area contributed by atoms with Gasteiger partial charge in [0.15, 0.2) is 0 Å². The molecule has 0 radical (unpaired) electrons. The number of benzene rings is 1. The van der Waals surface area contributed by atoms with E-state index < -0.39 is 17.6 Å². The molecule has 0 saturated heterocycles. The molecule has 2 unspecified atom stereocenters. The molecule has 0 heterocycles. The van der Waals surface area contributed by atoms with E-state index in [1.165, 1.54) is 23.9 Å². The Balaban J connectivity index is 2.83. The third-order valence-corrected chi connectivity index (χ3v) is 4.01. The fraction of sp³-hybridized carbons (Fsp3) is 0.462. The summed E-state index contributed by atoms with van der Waals surface area (Å²) in [5.74, 6) is -0.587. The number of hydrogen-bond acceptors (Lipinski definition) is 3. The number of hydrogen-bond donors (Lipinski definition) is 2. The molecule has 1 rings (SSSR count). The predicted molar refractivity (Wildman–Crippen MR) is 72.8 cm³/mol. The molecule has 1 amide bonds. The molecule has 1 aromatic carbocycles. The predicted octanol–water partition coefficient (Wildman–Crippen LogP) is 2.55. The van der Waals surface area contributed by atoms with E-state index in [1.807, 2.05) is 0 Å². The molecule has 0 aliphatic carbocycles. The van der Waals surface area contributed by atoms with Crippen LogP contribution in [0.25, 0.3) is 0 Å². The number of carbonyl (C=O) groups is 1. The van der Waals surface area contributed by atoms with E-state index in [2.05, 4.69) is 5.32 Å². The molecule has 0 spiro atoms. The molecule has 0 aromatic heterocycles. The average molecular weight is 307 g/mol. The summed E-state index contributed by atoms with van der Waals surface area (Å²) in [6.45, 7) is 1.58. The maximum atomic E-state index is 12.6. The standard InChI is InChI=1S/C13H16F3NO2S/c1-8(11(7-18)20-2)17-12(19)9-4-3-5-10(6-9)13(14,15)16/h3-6,8,11,18H,7H2,1-2H3,(H,17,19). The molecule has 1 aromatic rings. The molecule has 2 N–H and O–H groups in total. The van der Waals surface area contributed by atoms with E-state index in [4.69, 9.17) is 5.11 Å². The quantitative estimate of drug-likeness (QED) is 0.879. The second-order valence-corrected chi connectivity index (χ2v) is 5.37. The molecule has 0 bridgehead atoms. The first-order chi connectivity index (χ1) is 9.29. The van der Waals surface area contributed by atoms with Gasteiger partial charge in [-0.3, -0.25) is 4.79 Å². The van der Waals surface area contributed by atoms with Gasteiger partial charge in [0.1, 0.15) is 0 Å². The van der Waals surface area contributed by atoms with Gasteiger partial charge in [-0.1, -0.05) is 6.07 Å². The highest BCUT2D eigenvalue weighted by Crippen LogP contribution is 2.29. The fourth-order valence-electron chi connectivity index (χ4n) is 1.66. The Labute approximate surface area is 119 Å². The summed E-state index contributed by atoms with van der Waals surface area (Å²) < 4.78 is 37.7. The van der Waals surface area contributed by atoms with Crippen molar-refractivity contribution in [2.75, 3.05) is 12.9 Å². The minimum absolute atomic E-state index is 0.0514. The van der Waals surface area contributed by atoms with Crippen molar-refractivity contribution in [2.45, 2.75) is 24.4 Å². The summed E-state index contributed by atoms with van der Waals surface area (Å²) in [5, 5.41) is 11.5. The minimum atomic E-state index is -4.48. The second-order valence-electron chi connectivity index (χ2n) is 4.30. The maximum absolute atomic E-state index is 12.6. The average Bonchev–Trinajstić information content (AvgIpc) is 2.39. The lowest BCUT2D eigenvalue weighted by Gasteiger charge is -2.21. The lowest BCUT2D eigenvalue weighted by atomic mass is 10.1. The fourth-order valence-corrected chi connectivity index (χ4v) is 2.28. The zero-order valence-electron chi connectivity index (χ0n) is 11.1. The van der Waals surface area contributed by atoms with Crippen LogP contribution < -0.4 is 5.32 Å². The molecule has 0 aliphatic heterocycles. The minimum Gasteiger partial charge on any atom is -0.395 e. The van der Waals surface area contributed by atoms with Crippen LogP contribution in [0.4, 0.5) is 13.2 Å². The highest BCUT2D eigenvalue weighted by Gasteiger charge is 2.31. The number of alkyl halides is 3. The molecule has 0 aliphatic rings. The van der Waals surface area contributed by atoms with Crippen molar-refractivity contribution in [1.29, 1.82) is 0 Å². The van der Waals surface area contributed by atoms with Crippen LogP contribution in [0.5, 0.6) is 0 Å². The first-order valence-corrected chi connectivity index (χ1v) is 7.20. The Morgan fingerprint density at radius 2 is 2.10 bits per heavy atom. The first kappa shape index (κ1) is 16.8. The second kappa shape index (κ2) is 6.99. The summed E-state index contributed by atoms with van der Waals surface area (Å²) in [7, 11) is 0. The normalized spacial score (nSPS) is 14.7. The van der Waals surface area contributed by atoms with Crippen LogP contribution >= 0.6 is 11.8 Å². The van der Waals surface area contributed by atoms with Crippen LogP contribution in [0.2, 0.25) is 0 Å². The summed E-state index contributed by atoms with van der Waals surface area (Å²) in [6.07, 6.45) is -2.69. The highest BCUT2D eigenvalue weighted by atomic mass is 32.2. The van der Waals surface area contributed by atoms with Crippen LogP contribution in [0, 0.1) is 0 Å². The largest absolute Gasteiger partial charge is 0.416 e. The van der Waals surface area contributed by atoms with E-state index in [-0.39, 0.29) is 23.5 Å². The van der Waals surface area contributed by atoms with Gasteiger partial charge in [-0.05, 0) is 31.4 Å². The number of carbonyl (C=O) groups excluding carboxylic acids is 1. The Morgan fingerprint density at radius 1 is 1.45 bits per heavy atom. The molecule has 2 atom stereocenters. The van der Waals surface area contributed by atoms with Crippen molar-refractivity contribution >= 4 is 17.7 Å². The van der Waals surface area contributed by atoms with Crippen molar-refractivity contribution in [3.8, 4) is 0 Å². The van der Waals surface area contributed by atoms with Crippen LogP contribution in [0.15, 0.2) is 24.3 Å². The Kier molecular flexibility index (Phi) is 5.88. The van der Waals surface area contributed by atoms with E-state index >= 15 is 0 Å². The van der Waals surface area contributed by atoms with Crippen molar-refractivity contribution < 1.29 is 23.1 Å². The number of aliphatic hydroxyl groups excluding tert-OH is 1. The van der Waals surface area contributed by atoms with Gasteiger partial charge in [-0.25, -0.2) is 0 Å². The molecule has 7 heteroatoms. The molecular weight excluding hydrogens is 291 g/mol. The van der Waals surface area contributed by atoms with Gasteiger partial charge < -0.3 is 10.4 Å². The lowest BCUT2D eigenvalue weighted by Crippen LogP contribution is -2.41. The highest BCUT2D eigenvalue weighted by molar-refractivity contribution is 7.99. The summed E-state index contributed by atoms with van der Waals surface area (Å²) >= 11 is 1.38. The van der Waals surface area contributed by atoms with E-state index in [9.17, 15) is 18.0 Å². The Hall–Kier alpha value is -1.21. The maximum Gasteiger partial charge on any atom is 0.416 e. The van der Waals surface area contributed by atoms with Crippen LogP contribution in [0.1, 0.15) is 22.8 Å². The number of rotatable bonds is 5. The van der Waals surface area contributed by atoms with Gasteiger partial charge in [-0.2, -0.15) is 24.9 Å². The van der Waals surface area contributed by atoms with Gasteiger partial charge in [0.25, 0.3) is 5.91 Å². The van der Waals surface area contributed by atoms with Gasteiger partial charge in [0.2, 0.25) is 0 Å². The van der Waals surface area contributed by atoms with E-state index in [0.29, 0.717) is 0 Å². The lowest BCUT2D eigenvalue weighted by molar-refractivity contribution is -0.137. The molecule has 3 nitrogen and oxygen atoms in total. The van der Waals surface area contributed by atoms with Crippen molar-refractivity contribution in [2.24, 2.45) is 0 Å². The van der Waals surface area contributed by atoms with Crippen LogP contribution in [0.3, 0.4) is 0 Å². The zero-order chi connectivity index (χ0) is 15.3. The number of thioether (sulfide) groups is 1. The van der Waals surface area contributed by atoms with Crippen molar-refractivity contribution in [3.63, 3.8) is 0 Å². The monoisotopic (exact) mass is 307 g/mol. The van der Waals surface area contributed by atoms with Gasteiger partial charge >= 0.3 is 6.18 Å². The molecule has 0 fully saturated rings. The van der Waals surface area contributed by atoms with Gasteiger partial charge in [0.05, 0.1) is 12.2 Å². The third-order valence-electron chi connectivity index (χ3n) is 2.85. The zero-order valence-corrected chi connectivity index (χ0v) is 11.9. The Bertz CT molecular complexity index is 461. The van der Waals surface area contributed by atoms with Crippen molar-refractivity contribution in [1.82, 2.24) is 5.32 Å². The first-order valence-electron chi connectivity index (χ1n) is 5.91. The summed E-state index contributed by atoms with van der Waals surface area (Å²) in [5.41, 5.74) is -0.911.